The quantitative estimate of drug-likeness (QED) is 0.481. The molecule has 2 aromatic heterocycles. The Balaban J connectivity index is 1.88. The lowest BCUT2D eigenvalue weighted by Gasteiger charge is -2.39. The van der Waals surface area contributed by atoms with E-state index in [9.17, 15) is 9.90 Å². The summed E-state index contributed by atoms with van der Waals surface area (Å²) in [4.78, 5) is 21.6. The van der Waals surface area contributed by atoms with Crippen LogP contribution >= 0.6 is 0 Å². The zero-order valence-electron chi connectivity index (χ0n) is 18.6. The van der Waals surface area contributed by atoms with Gasteiger partial charge in [0.2, 0.25) is 0 Å². The molecule has 0 aliphatic carbocycles. The summed E-state index contributed by atoms with van der Waals surface area (Å²) in [7, 11) is 2.12. The second-order valence-corrected chi connectivity index (χ2v) is 8.62. The fourth-order valence-corrected chi connectivity index (χ4v) is 5.02. The van der Waals surface area contributed by atoms with Crippen molar-refractivity contribution in [2.75, 3.05) is 33.2 Å². The third-order valence-corrected chi connectivity index (χ3v) is 6.59. The predicted octanol–water partition coefficient (Wildman–Crippen LogP) is 4.53. The molecule has 0 bridgehead atoms. The molecule has 1 fully saturated rings. The van der Waals surface area contributed by atoms with E-state index < -0.39 is 0 Å². The molecule has 0 saturated carbocycles. The number of aromatic hydroxyl groups is 1. The summed E-state index contributed by atoms with van der Waals surface area (Å²) in [5.41, 5.74) is 2.97. The van der Waals surface area contributed by atoms with E-state index in [4.69, 9.17) is 4.42 Å². The molecule has 6 heteroatoms. The Labute approximate surface area is 187 Å². The first-order valence-electron chi connectivity index (χ1n) is 11.0. The number of aryl methyl sites for hydroxylation is 1. The number of ketones is 1. The van der Waals surface area contributed by atoms with Crippen molar-refractivity contribution in [3.8, 4) is 5.75 Å². The Morgan fingerprint density at radius 1 is 1.06 bits per heavy atom. The summed E-state index contributed by atoms with van der Waals surface area (Å²) in [6, 6.07) is 11.4. The van der Waals surface area contributed by atoms with Crippen LogP contribution in [-0.4, -0.2) is 58.9 Å². The molecular weight excluding hydrogens is 402 g/mol. The monoisotopic (exact) mass is 429 g/mol. The van der Waals surface area contributed by atoms with E-state index in [1.54, 1.807) is 19.3 Å². The van der Waals surface area contributed by atoms with Crippen LogP contribution in [0.15, 0.2) is 53.2 Å². The Morgan fingerprint density at radius 3 is 2.38 bits per heavy atom. The molecule has 2 aromatic carbocycles. The van der Waals surface area contributed by atoms with Gasteiger partial charge >= 0.3 is 0 Å². The maximum atomic E-state index is 12.7. The maximum Gasteiger partial charge on any atom is 0.163 e. The van der Waals surface area contributed by atoms with E-state index in [1.807, 2.05) is 43.3 Å². The van der Waals surface area contributed by atoms with Gasteiger partial charge in [-0.25, -0.2) is 0 Å². The molecule has 1 unspecified atom stereocenters. The van der Waals surface area contributed by atoms with Crippen molar-refractivity contribution in [3.05, 3.63) is 71.2 Å². The second-order valence-electron chi connectivity index (χ2n) is 8.62. The van der Waals surface area contributed by atoms with Gasteiger partial charge in [-0.3, -0.25) is 14.7 Å². The zero-order chi connectivity index (χ0) is 22.4. The molecular formula is C26H27N3O3. The first-order valence-corrected chi connectivity index (χ1v) is 11.0. The molecule has 32 heavy (non-hydrogen) atoms. The number of pyridine rings is 1. The summed E-state index contributed by atoms with van der Waals surface area (Å²) >= 11 is 0. The average Bonchev–Trinajstić information content (AvgIpc) is 3.15. The van der Waals surface area contributed by atoms with Gasteiger partial charge < -0.3 is 14.4 Å². The number of nitrogens with zero attached hydrogens (tertiary/aromatic N) is 3. The topological polar surface area (TPSA) is 69.8 Å². The zero-order valence-corrected chi connectivity index (χ0v) is 18.6. The van der Waals surface area contributed by atoms with Crippen LogP contribution in [0, 0.1) is 6.92 Å². The molecule has 164 valence electrons. The lowest BCUT2D eigenvalue weighted by molar-refractivity contribution is 0.101. The molecule has 1 aliphatic heterocycles. The number of rotatable bonds is 4. The second kappa shape index (κ2) is 8.04. The minimum Gasteiger partial charge on any atom is -0.507 e. The maximum absolute atomic E-state index is 12.7. The van der Waals surface area contributed by atoms with Gasteiger partial charge in [0.25, 0.3) is 0 Å². The number of piperazine rings is 1. The van der Waals surface area contributed by atoms with E-state index >= 15 is 0 Å². The van der Waals surface area contributed by atoms with Gasteiger partial charge in [0.15, 0.2) is 5.78 Å². The van der Waals surface area contributed by atoms with Crippen molar-refractivity contribution in [2.24, 2.45) is 0 Å². The summed E-state index contributed by atoms with van der Waals surface area (Å²) in [6.45, 7) is 6.95. The van der Waals surface area contributed by atoms with Gasteiger partial charge in [0, 0.05) is 60.3 Å². The number of carbonyl (C=O) groups excluding carboxylic acids is 1. The van der Waals surface area contributed by atoms with E-state index in [-0.39, 0.29) is 17.6 Å². The molecule has 5 rings (SSSR count). The number of fused-ring (bicyclic) bond motifs is 3. The third-order valence-electron chi connectivity index (χ3n) is 6.59. The number of aromatic nitrogens is 1. The van der Waals surface area contributed by atoms with Crippen molar-refractivity contribution in [2.45, 2.75) is 19.9 Å². The molecule has 0 spiro atoms. The van der Waals surface area contributed by atoms with Crippen LogP contribution in [0.5, 0.6) is 5.75 Å². The van der Waals surface area contributed by atoms with Crippen LogP contribution in [-0.2, 0) is 0 Å². The third kappa shape index (κ3) is 3.27. The summed E-state index contributed by atoms with van der Waals surface area (Å²) in [6.07, 6.45) is 3.56. The molecule has 4 aromatic rings. The number of benzene rings is 2. The average molecular weight is 430 g/mol. The molecule has 1 aliphatic rings. The number of Topliss-reactive ketones (excluding diaryl/α,β-unsaturated/α-hetero) is 1. The number of furan rings is 1. The van der Waals surface area contributed by atoms with Crippen LogP contribution < -0.4 is 0 Å². The van der Waals surface area contributed by atoms with Crippen LogP contribution in [0.4, 0.5) is 0 Å². The normalized spacial score (nSPS) is 16.6. The number of likely N-dealkylation sites (N-methyl/N-ethyl adjacent to an activating group) is 1. The lowest BCUT2D eigenvalue weighted by atomic mass is 9.88. The highest BCUT2D eigenvalue weighted by Gasteiger charge is 2.33. The summed E-state index contributed by atoms with van der Waals surface area (Å²) < 4.78 is 6.19. The Morgan fingerprint density at radius 2 is 1.72 bits per heavy atom. The van der Waals surface area contributed by atoms with Crippen LogP contribution in [0.3, 0.4) is 0 Å². The van der Waals surface area contributed by atoms with Crippen molar-refractivity contribution < 1.29 is 14.3 Å². The highest BCUT2D eigenvalue weighted by molar-refractivity contribution is 6.17. The number of phenolic OH excluding ortho intramolecular Hbond substituents is 1. The van der Waals surface area contributed by atoms with Gasteiger partial charge in [0.1, 0.15) is 17.1 Å². The predicted molar refractivity (Wildman–Crippen MR) is 125 cm³/mol. The van der Waals surface area contributed by atoms with Crippen molar-refractivity contribution in [3.63, 3.8) is 0 Å². The molecule has 1 atom stereocenters. The Hall–Kier alpha value is -3.22. The van der Waals surface area contributed by atoms with Gasteiger partial charge in [-0.15, -0.1) is 0 Å². The summed E-state index contributed by atoms with van der Waals surface area (Å²) in [5, 5.41) is 13.9. The lowest BCUT2D eigenvalue weighted by Crippen LogP contribution is -2.46. The van der Waals surface area contributed by atoms with E-state index in [1.165, 1.54) is 0 Å². The number of phenols is 1. The Bertz CT molecular complexity index is 1300. The van der Waals surface area contributed by atoms with Crippen LogP contribution in [0.2, 0.25) is 0 Å². The number of hydrogen-bond acceptors (Lipinski definition) is 6. The minimum atomic E-state index is -0.228. The van der Waals surface area contributed by atoms with E-state index in [2.05, 4.69) is 21.8 Å². The fraction of sp³-hybridized carbons (Fsp3) is 0.308. The van der Waals surface area contributed by atoms with Gasteiger partial charge in [-0.05, 0) is 38.6 Å². The molecule has 1 N–H and O–H groups in total. The van der Waals surface area contributed by atoms with Gasteiger partial charge in [-0.2, -0.15) is 0 Å². The summed E-state index contributed by atoms with van der Waals surface area (Å²) in [5.74, 6) is 0.720. The largest absolute Gasteiger partial charge is 0.507 e. The van der Waals surface area contributed by atoms with Crippen LogP contribution in [0.25, 0.3) is 21.7 Å². The van der Waals surface area contributed by atoms with Crippen molar-refractivity contribution in [1.29, 1.82) is 0 Å². The standard InChI is InChI=1S/C26H27N3O3/c1-16(30)21-17(2)32-26-20-7-5-4-6-19(20)25(31)23(22(21)26)24(18-8-10-27-11-9-18)29-14-12-28(3)13-15-29/h4-11,24,31H,12-15H2,1-3H3. The van der Waals surface area contributed by atoms with Crippen LogP contribution in [0.1, 0.15) is 40.2 Å². The van der Waals surface area contributed by atoms with E-state index in [0.717, 1.165) is 48.1 Å². The molecule has 0 radical (unpaired) electrons. The fourth-order valence-electron chi connectivity index (χ4n) is 5.02. The van der Waals surface area contributed by atoms with Crippen molar-refractivity contribution >= 4 is 27.5 Å². The van der Waals surface area contributed by atoms with Crippen molar-refractivity contribution in [1.82, 2.24) is 14.8 Å². The molecule has 1 saturated heterocycles. The first-order chi connectivity index (χ1) is 15.5. The SMILES string of the molecule is CC(=O)c1c(C)oc2c1c(C(c1ccncc1)N1CCN(C)CC1)c(O)c1ccccc12. The van der Waals surface area contributed by atoms with E-state index in [0.29, 0.717) is 22.3 Å². The molecule has 6 nitrogen and oxygen atoms in total. The number of carbonyl (C=O) groups is 1. The minimum absolute atomic E-state index is 0.0657. The highest BCUT2D eigenvalue weighted by atomic mass is 16.3. The first kappa shape index (κ1) is 20.7. The molecule has 0 amide bonds. The molecule has 3 heterocycles. The highest BCUT2D eigenvalue weighted by Crippen LogP contribution is 2.47. The van der Waals surface area contributed by atoms with Gasteiger partial charge in [0.05, 0.1) is 11.6 Å². The van der Waals surface area contributed by atoms with Gasteiger partial charge in [-0.1, -0.05) is 24.3 Å². The smallest absolute Gasteiger partial charge is 0.163 e. The number of hydrogen-bond donors (Lipinski definition) is 1. The Kier molecular flexibility index (Phi) is 5.19.